The van der Waals surface area contributed by atoms with Gasteiger partial charge in [-0.1, -0.05) is 24.3 Å². The van der Waals surface area contributed by atoms with Gasteiger partial charge >= 0.3 is 0 Å². The molecular weight excluding hydrogens is 660 g/mol. The summed E-state index contributed by atoms with van der Waals surface area (Å²) in [7, 11) is 0. The number of rotatable bonds is 10. The first kappa shape index (κ1) is 29.9. The third-order valence-corrected chi connectivity index (χ3v) is 7.85. The molecule has 0 amide bonds. The fourth-order valence-electron chi connectivity index (χ4n) is 4.82. The largest absolute Gasteiger partial charge is 0.492 e. The fourth-order valence-corrected chi connectivity index (χ4v) is 5.19. The first-order valence-corrected chi connectivity index (χ1v) is 15.6. The monoisotopic (exact) mass is 688 g/mol. The molecule has 0 aliphatic heterocycles. The van der Waals surface area contributed by atoms with Crippen LogP contribution in [-0.4, -0.2) is 61.5 Å². The van der Waals surface area contributed by atoms with Crippen molar-refractivity contribution < 1.29 is 9.47 Å². The third kappa shape index (κ3) is 7.36. The fraction of sp³-hybridized carbons (Fsp3) is 0.118. The lowest BCUT2D eigenvalue weighted by Gasteiger charge is -2.08. The standard InChI is InChI=1S/C17H14BrN5O.C17H15N5O/c18-16-10-21-23-11-14(9-20-17(16)23)13-1-3-15(4-2-13)24-8-7-22-6-5-19-12-22;1-3-16(23-10-9-21-8-7-18-13-21)4-2-14(1)15-11-19-17-5-6-20-22(17)12-15/h1-6,9-12H,7-8H2;1-8,11-13H,9-10H2. The Labute approximate surface area is 278 Å². The van der Waals surface area contributed by atoms with Crippen molar-refractivity contribution in [2.24, 2.45) is 0 Å². The van der Waals surface area contributed by atoms with Crippen molar-refractivity contribution in [2.75, 3.05) is 13.2 Å². The molecule has 0 atom stereocenters. The van der Waals surface area contributed by atoms with Gasteiger partial charge in [0.05, 0.1) is 42.6 Å². The molecule has 8 aromatic rings. The second kappa shape index (κ2) is 14.1. The molecular formula is C34H29BrN10O2. The van der Waals surface area contributed by atoms with Crippen LogP contribution in [0.5, 0.6) is 11.5 Å². The molecule has 2 aromatic carbocycles. The average molecular weight is 690 g/mol. The van der Waals surface area contributed by atoms with E-state index in [1.807, 2.05) is 101 Å². The summed E-state index contributed by atoms with van der Waals surface area (Å²) in [5, 5.41) is 8.47. The number of ether oxygens (including phenoxy) is 2. The molecule has 0 aliphatic rings. The van der Waals surface area contributed by atoms with E-state index in [1.54, 1.807) is 46.5 Å². The van der Waals surface area contributed by atoms with Gasteiger partial charge in [-0.25, -0.2) is 29.0 Å². The minimum Gasteiger partial charge on any atom is -0.492 e. The van der Waals surface area contributed by atoms with Crippen LogP contribution in [-0.2, 0) is 13.1 Å². The lowest BCUT2D eigenvalue weighted by Crippen LogP contribution is -2.06. The van der Waals surface area contributed by atoms with Crippen LogP contribution in [0.2, 0.25) is 0 Å². The number of aromatic nitrogens is 10. The first-order chi connectivity index (χ1) is 23.2. The second-order valence-electron chi connectivity index (χ2n) is 10.4. The lowest BCUT2D eigenvalue weighted by molar-refractivity contribution is 0.298. The Balaban J connectivity index is 0.000000150. The number of imidazole rings is 2. The van der Waals surface area contributed by atoms with E-state index in [-0.39, 0.29) is 0 Å². The molecule has 0 radical (unpaired) electrons. The molecule has 47 heavy (non-hydrogen) atoms. The molecule has 0 spiro atoms. The van der Waals surface area contributed by atoms with Crippen LogP contribution in [0.4, 0.5) is 0 Å². The van der Waals surface area contributed by atoms with Crippen LogP contribution in [0.1, 0.15) is 0 Å². The summed E-state index contributed by atoms with van der Waals surface area (Å²) in [6.45, 7) is 2.76. The smallest absolute Gasteiger partial charge is 0.169 e. The van der Waals surface area contributed by atoms with Gasteiger partial charge in [-0.05, 0) is 51.3 Å². The lowest BCUT2D eigenvalue weighted by atomic mass is 10.1. The van der Waals surface area contributed by atoms with Gasteiger partial charge in [-0.15, -0.1) is 0 Å². The number of benzene rings is 2. The summed E-state index contributed by atoms with van der Waals surface area (Å²) in [4.78, 5) is 16.8. The molecule has 0 aliphatic carbocycles. The summed E-state index contributed by atoms with van der Waals surface area (Å²) in [5.74, 6) is 1.69. The Morgan fingerprint density at radius 2 is 1.15 bits per heavy atom. The predicted molar refractivity (Wildman–Crippen MR) is 180 cm³/mol. The Morgan fingerprint density at radius 3 is 1.72 bits per heavy atom. The van der Waals surface area contributed by atoms with E-state index in [4.69, 9.17) is 9.47 Å². The topological polar surface area (TPSA) is 114 Å². The van der Waals surface area contributed by atoms with Crippen LogP contribution in [0, 0.1) is 0 Å². The molecule has 0 saturated carbocycles. The van der Waals surface area contributed by atoms with Gasteiger partial charge in [-0.3, -0.25) is 0 Å². The van der Waals surface area contributed by atoms with Gasteiger partial charge < -0.3 is 18.6 Å². The normalized spacial score (nSPS) is 11.0. The van der Waals surface area contributed by atoms with Crippen LogP contribution in [0.15, 0.2) is 134 Å². The zero-order valence-electron chi connectivity index (χ0n) is 25.1. The van der Waals surface area contributed by atoms with Crippen molar-refractivity contribution in [3.05, 3.63) is 134 Å². The van der Waals surface area contributed by atoms with Crippen molar-refractivity contribution in [1.29, 1.82) is 0 Å². The van der Waals surface area contributed by atoms with E-state index >= 15 is 0 Å². The van der Waals surface area contributed by atoms with Crippen molar-refractivity contribution in [1.82, 2.24) is 48.3 Å². The summed E-state index contributed by atoms with van der Waals surface area (Å²) in [6.07, 6.45) is 22.0. The highest BCUT2D eigenvalue weighted by molar-refractivity contribution is 9.10. The van der Waals surface area contributed by atoms with Gasteiger partial charge in [0.15, 0.2) is 11.3 Å². The molecule has 12 nitrogen and oxygen atoms in total. The Hall–Kier alpha value is -5.82. The van der Waals surface area contributed by atoms with Crippen LogP contribution in [0.25, 0.3) is 33.5 Å². The van der Waals surface area contributed by atoms with Crippen molar-refractivity contribution in [3.8, 4) is 33.8 Å². The van der Waals surface area contributed by atoms with Crippen molar-refractivity contribution >= 4 is 27.2 Å². The number of hydrogen-bond acceptors (Lipinski definition) is 8. The number of fused-ring (bicyclic) bond motifs is 2. The van der Waals surface area contributed by atoms with E-state index in [0.29, 0.717) is 13.2 Å². The molecule has 0 N–H and O–H groups in total. The molecule has 0 saturated heterocycles. The number of halogens is 1. The predicted octanol–water partition coefficient (Wildman–Crippen LogP) is 6.11. The molecule has 0 bridgehead atoms. The maximum Gasteiger partial charge on any atom is 0.169 e. The van der Waals surface area contributed by atoms with E-state index in [0.717, 1.165) is 62.6 Å². The van der Waals surface area contributed by atoms with E-state index < -0.39 is 0 Å². The highest BCUT2D eigenvalue weighted by Crippen LogP contribution is 2.24. The van der Waals surface area contributed by atoms with E-state index in [1.165, 1.54) is 0 Å². The SMILES string of the molecule is Brc1cnn2cc(-c3ccc(OCCn4ccnc4)cc3)cnc12.c1cn(CCOc2ccc(-c3cnc4ccnn4c3)cc2)cn1. The number of nitrogens with zero attached hydrogens (tertiary/aromatic N) is 10. The third-order valence-electron chi connectivity index (χ3n) is 7.29. The van der Waals surface area contributed by atoms with Gasteiger partial charge in [-0.2, -0.15) is 10.2 Å². The van der Waals surface area contributed by atoms with E-state index in [2.05, 4.69) is 46.1 Å². The van der Waals surface area contributed by atoms with Gasteiger partial charge in [0.2, 0.25) is 0 Å². The average Bonchev–Trinajstić information content (AvgIpc) is 3.95. The minimum absolute atomic E-state index is 0.602. The molecule has 6 aromatic heterocycles. The van der Waals surface area contributed by atoms with Gasteiger partial charge in [0.25, 0.3) is 0 Å². The minimum atomic E-state index is 0.602. The Morgan fingerprint density at radius 1 is 0.574 bits per heavy atom. The summed E-state index contributed by atoms with van der Waals surface area (Å²) >= 11 is 3.43. The quantitative estimate of drug-likeness (QED) is 0.169. The van der Waals surface area contributed by atoms with Crippen molar-refractivity contribution in [2.45, 2.75) is 13.1 Å². The van der Waals surface area contributed by atoms with Crippen LogP contribution in [0.3, 0.4) is 0 Å². The molecule has 234 valence electrons. The first-order valence-electron chi connectivity index (χ1n) is 14.8. The number of hydrogen-bond donors (Lipinski definition) is 0. The molecule has 13 heteroatoms. The Kier molecular flexibility index (Phi) is 8.95. The Bertz CT molecular complexity index is 2160. The molecule has 8 rings (SSSR count). The van der Waals surface area contributed by atoms with Crippen LogP contribution >= 0.6 is 15.9 Å². The molecule has 6 heterocycles. The van der Waals surface area contributed by atoms with Gasteiger partial charge in [0.1, 0.15) is 24.7 Å². The molecule has 0 unspecified atom stereocenters. The maximum atomic E-state index is 5.76. The van der Waals surface area contributed by atoms with Crippen molar-refractivity contribution in [3.63, 3.8) is 0 Å². The van der Waals surface area contributed by atoms with Crippen LogP contribution < -0.4 is 9.47 Å². The maximum absolute atomic E-state index is 5.76. The second-order valence-corrected chi connectivity index (χ2v) is 11.3. The van der Waals surface area contributed by atoms with E-state index in [9.17, 15) is 0 Å². The zero-order valence-corrected chi connectivity index (χ0v) is 26.7. The highest BCUT2D eigenvalue weighted by atomic mass is 79.9. The molecule has 0 fully saturated rings. The zero-order chi connectivity index (χ0) is 31.8. The summed E-state index contributed by atoms with van der Waals surface area (Å²) < 4.78 is 19.9. The highest BCUT2D eigenvalue weighted by Gasteiger charge is 2.06. The summed E-state index contributed by atoms with van der Waals surface area (Å²) in [6, 6.07) is 17.8. The van der Waals surface area contributed by atoms with Gasteiger partial charge in [0, 0.05) is 66.8 Å². The summed E-state index contributed by atoms with van der Waals surface area (Å²) in [5.41, 5.74) is 5.82.